The molecule has 102 valence electrons. The van der Waals surface area contributed by atoms with E-state index in [4.69, 9.17) is 4.74 Å². The van der Waals surface area contributed by atoms with Crippen LogP contribution < -0.4 is 10.6 Å². The number of rotatable bonds is 7. The van der Waals surface area contributed by atoms with E-state index in [9.17, 15) is 0 Å². The van der Waals surface area contributed by atoms with Gasteiger partial charge < -0.3 is 15.4 Å². The molecule has 1 aliphatic heterocycles. The summed E-state index contributed by atoms with van der Waals surface area (Å²) in [6.45, 7) is 13.2. The highest BCUT2D eigenvalue weighted by molar-refractivity contribution is 4.90. The number of piperidine rings is 1. The molecule has 3 heteroatoms. The van der Waals surface area contributed by atoms with E-state index in [2.05, 4.69) is 38.3 Å². The van der Waals surface area contributed by atoms with Crippen molar-refractivity contribution in [2.24, 2.45) is 5.41 Å². The third kappa shape index (κ3) is 5.84. The average Bonchev–Trinajstić information content (AvgIpc) is 2.24. The van der Waals surface area contributed by atoms with Gasteiger partial charge in [-0.25, -0.2) is 0 Å². The summed E-state index contributed by atoms with van der Waals surface area (Å²) in [6, 6.07) is 0.662. The SMILES string of the molecule is CC(C)OCCCCNC1CCNCC1(C)C. The molecular weight excluding hydrogens is 212 g/mol. The molecule has 0 spiro atoms. The highest BCUT2D eigenvalue weighted by Crippen LogP contribution is 2.24. The molecule has 17 heavy (non-hydrogen) atoms. The maximum absolute atomic E-state index is 5.54. The molecule has 0 amide bonds. The van der Waals surface area contributed by atoms with E-state index in [1.165, 1.54) is 12.8 Å². The van der Waals surface area contributed by atoms with Crippen LogP contribution in [0, 0.1) is 5.41 Å². The highest BCUT2D eigenvalue weighted by atomic mass is 16.5. The van der Waals surface area contributed by atoms with Gasteiger partial charge in [-0.05, 0) is 51.6 Å². The second-order valence-corrected chi connectivity index (χ2v) is 6.09. The zero-order valence-corrected chi connectivity index (χ0v) is 12.0. The molecular formula is C14H30N2O. The van der Waals surface area contributed by atoms with Crippen molar-refractivity contribution < 1.29 is 4.74 Å². The van der Waals surface area contributed by atoms with Gasteiger partial charge in [0.25, 0.3) is 0 Å². The van der Waals surface area contributed by atoms with E-state index in [1.807, 2.05) is 0 Å². The van der Waals surface area contributed by atoms with Crippen LogP contribution in [0.5, 0.6) is 0 Å². The van der Waals surface area contributed by atoms with Crippen molar-refractivity contribution in [3.8, 4) is 0 Å². The molecule has 0 aromatic carbocycles. The van der Waals surface area contributed by atoms with E-state index >= 15 is 0 Å². The van der Waals surface area contributed by atoms with Crippen LogP contribution >= 0.6 is 0 Å². The Labute approximate surface area is 107 Å². The van der Waals surface area contributed by atoms with Crippen LogP contribution in [0.3, 0.4) is 0 Å². The fraction of sp³-hybridized carbons (Fsp3) is 1.00. The van der Waals surface area contributed by atoms with Crippen molar-refractivity contribution in [1.29, 1.82) is 0 Å². The van der Waals surface area contributed by atoms with Crippen LogP contribution in [-0.4, -0.2) is 38.4 Å². The topological polar surface area (TPSA) is 33.3 Å². The van der Waals surface area contributed by atoms with Gasteiger partial charge in [-0.15, -0.1) is 0 Å². The minimum absolute atomic E-state index is 0.367. The lowest BCUT2D eigenvalue weighted by Crippen LogP contribution is -2.53. The second kappa shape index (κ2) is 7.34. The van der Waals surface area contributed by atoms with Gasteiger partial charge in [-0.2, -0.15) is 0 Å². The molecule has 3 nitrogen and oxygen atoms in total. The zero-order valence-electron chi connectivity index (χ0n) is 12.0. The summed E-state index contributed by atoms with van der Waals surface area (Å²) in [6.07, 6.45) is 3.99. The molecule has 0 aliphatic carbocycles. The lowest BCUT2D eigenvalue weighted by atomic mass is 9.80. The summed E-state index contributed by atoms with van der Waals surface area (Å²) >= 11 is 0. The molecule has 1 heterocycles. The van der Waals surface area contributed by atoms with Crippen LogP contribution in [0.4, 0.5) is 0 Å². The minimum Gasteiger partial charge on any atom is -0.379 e. The first-order valence-corrected chi connectivity index (χ1v) is 7.08. The van der Waals surface area contributed by atoms with Gasteiger partial charge in [0.05, 0.1) is 6.10 Å². The van der Waals surface area contributed by atoms with E-state index in [1.54, 1.807) is 0 Å². The first-order chi connectivity index (χ1) is 8.02. The van der Waals surface area contributed by atoms with E-state index in [0.717, 1.165) is 32.7 Å². The monoisotopic (exact) mass is 242 g/mol. The summed E-state index contributed by atoms with van der Waals surface area (Å²) in [5.74, 6) is 0. The summed E-state index contributed by atoms with van der Waals surface area (Å²) in [7, 11) is 0. The minimum atomic E-state index is 0.367. The van der Waals surface area contributed by atoms with Gasteiger partial charge in [0, 0.05) is 19.2 Å². The van der Waals surface area contributed by atoms with Crippen molar-refractivity contribution in [3.63, 3.8) is 0 Å². The first kappa shape index (κ1) is 14.9. The summed E-state index contributed by atoms with van der Waals surface area (Å²) in [4.78, 5) is 0. The van der Waals surface area contributed by atoms with Gasteiger partial charge in [0.15, 0.2) is 0 Å². The quantitative estimate of drug-likeness (QED) is 0.671. The van der Waals surface area contributed by atoms with Crippen LogP contribution in [0.2, 0.25) is 0 Å². The average molecular weight is 242 g/mol. The third-order valence-electron chi connectivity index (χ3n) is 3.55. The standard InChI is InChI=1S/C14H30N2O/c1-12(2)17-10-6-5-8-16-13-7-9-15-11-14(13,3)4/h12-13,15-16H,5-11H2,1-4H3. The zero-order chi connectivity index (χ0) is 12.7. The molecule has 0 aromatic heterocycles. The lowest BCUT2D eigenvalue weighted by Gasteiger charge is -2.39. The van der Waals surface area contributed by atoms with Crippen molar-refractivity contribution in [3.05, 3.63) is 0 Å². The summed E-state index contributed by atoms with van der Waals surface area (Å²) in [5, 5.41) is 7.17. The first-order valence-electron chi connectivity index (χ1n) is 7.08. The number of hydrogen-bond donors (Lipinski definition) is 2. The smallest absolute Gasteiger partial charge is 0.0518 e. The maximum Gasteiger partial charge on any atom is 0.0518 e. The van der Waals surface area contributed by atoms with Gasteiger partial charge in [0.2, 0.25) is 0 Å². The number of ether oxygens (including phenoxy) is 1. The largest absolute Gasteiger partial charge is 0.379 e. The molecule has 1 unspecified atom stereocenters. The highest BCUT2D eigenvalue weighted by Gasteiger charge is 2.31. The molecule has 2 N–H and O–H groups in total. The van der Waals surface area contributed by atoms with E-state index in [0.29, 0.717) is 17.6 Å². The summed E-state index contributed by atoms with van der Waals surface area (Å²) in [5.41, 5.74) is 0.382. The molecule has 1 rings (SSSR count). The molecule has 0 bridgehead atoms. The maximum atomic E-state index is 5.54. The molecule has 0 radical (unpaired) electrons. The van der Waals surface area contributed by atoms with Gasteiger partial charge in [-0.1, -0.05) is 13.8 Å². The predicted octanol–water partition coefficient (Wildman–Crippen LogP) is 2.17. The fourth-order valence-electron chi connectivity index (χ4n) is 2.37. The Morgan fingerprint density at radius 3 is 2.76 bits per heavy atom. The molecule has 0 aromatic rings. The van der Waals surface area contributed by atoms with Crippen molar-refractivity contribution in [1.82, 2.24) is 10.6 Å². The van der Waals surface area contributed by atoms with E-state index < -0.39 is 0 Å². The Morgan fingerprint density at radius 1 is 1.35 bits per heavy atom. The third-order valence-corrected chi connectivity index (χ3v) is 3.55. The predicted molar refractivity (Wildman–Crippen MR) is 73.4 cm³/mol. The molecule has 1 aliphatic rings. The van der Waals surface area contributed by atoms with Gasteiger partial charge in [0.1, 0.15) is 0 Å². The van der Waals surface area contributed by atoms with Gasteiger partial charge in [-0.3, -0.25) is 0 Å². The Morgan fingerprint density at radius 2 is 2.12 bits per heavy atom. The number of nitrogens with one attached hydrogen (secondary N) is 2. The van der Waals surface area contributed by atoms with E-state index in [-0.39, 0.29) is 0 Å². The summed E-state index contributed by atoms with van der Waals surface area (Å²) < 4.78 is 5.54. The second-order valence-electron chi connectivity index (χ2n) is 6.09. The van der Waals surface area contributed by atoms with Crippen molar-refractivity contribution in [2.45, 2.75) is 59.1 Å². The van der Waals surface area contributed by atoms with Crippen molar-refractivity contribution >= 4 is 0 Å². The van der Waals surface area contributed by atoms with Gasteiger partial charge >= 0.3 is 0 Å². The number of unbranched alkanes of at least 4 members (excludes halogenated alkanes) is 1. The molecule has 1 saturated heterocycles. The normalized spacial score (nSPS) is 24.2. The van der Waals surface area contributed by atoms with Crippen LogP contribution in [0.1, 0.15) is 47.0 Å². The molecule has 1 fully saturated rings. The number of hydrogen-bond acceptors (Lipinski definition) is 3. The Hall–Kier alpha value is -0.120. The van der Waals surface area contributed by atoms with Crippen molar-refractivity contribution in [2.75, 3.05) is 26.2 Å². The Bertz CT molecular complexity index is 204. The van der Waals surface area contributed by atoms with Crippen LogP contribution in [-0.2, 0) is 4.74 Å². The lowest BCUT2D eigenvalue weighted by molar-refractivity contribution is 0.0755. The van der Waals surface area contributed by atoms with Crippen LogP contribution in [0.15, 0.2) is 0 Å². The Kier molecular flexibility index (Phi) is 6.45. The Balaban J connectivity index is 2.05. The molecule has 1 atom stereocenters. The van der Waals surface area contributed by atoms with Crippen LogP contribution in [0.25, 0.3) is 0 Å². The molecule has 0 saturated carbocycles. The fourth-order valence-corrected chi connectivity index (χ4v) is 2.37.